The summed E-state index contributed by atoms with van der Waals surface area (Å²) in [5.41, 5.74) is 2.96. The molecular formula is C20H18N2O2S. The third-order valence-electron chi connectivity index (χ3n) is 4.24. The Hall–Kier alpha value is -2.53. The molecule has 1 amide bonds. The Morgan fingerprint density at radius 1 is 1.16 bits per heavy atom. The molecule has 2 aromatic carbocycles. The van der Waals surface area contributed by atoms with Crippen LogP contribution >= 0.6 is 11.8 Å². The van der Waals surface area contributed by atoms with Gasteiger partial charge in [-0.25, -0.2) is 0 Å². The Kier molecular flexibility index (Phi) is 4.32. The number of para-hydroxylation sites is 1. The van der Waals surface area contributed by atoms with E-state index in [2.05, 4.69) is 11.1 Å². The maximum Gasteiger partial charge on any atom is 0.238 e. The molecule has 1 saturated heterocycles. The molecule has 1 unspecified atom stereocenters. The Morgan fingerprint density at radius 3 is 2.76 bits per heavy atom. The Labute approximate surface area is 150 Å². The van der Waals surface area contributed by atoms with E-state index in [0.29, 0.717) is 12.4 Å². The highest BCUT2D eigenvalue weighted by Gasteiger charge is 2.34. The number of aromatic nitrogens is 1. The van der Waals surface area contributed by atoms with Crippen molar-refractivity contribution in [3.05, 3.63) is 66.4 Å². The second-order valence-electron chi connectivity index (χ2n) is 5.77. The predicted molar refractivity (Wildman–Crippen MR) is 102 cm³/mol. The molecule has 4 nitrogen and oxygen atoms in total. The Bertz CT molecular complexity index is 906. The van der Waals surface area contributed by atoms with Gasteiger partial charge in [0, 0.05) is 17.3 Å². The fourth-order valence-corrected chi connectivity index (χ4v) is 4.35. The number of thioether (sulfide) groups is 1. The number of rotatable bonds is 4. The zero-order chi connectivity index (χ0) is 17.2. The first-order valence-corrected chi connectivity index (χ1v) is 9.33. The highest BCUT2D eigenvalue weighted by molar-refractivity contribution is 8.00. The van der Waals surface area contributed by atoms with Crippen LogP contribution in [-0.4, -0.2) is 23.3 Å². The lowest BCUT2D eigenvalue weighted by molar-refractivity contribution is -0.115. The number of anilines is 1. The van der Waals surface area contributed by atoms with Crippen LogP contribution in [0.3, 0.4) is 0 Å². The van der Waals surface area contributed by atoms with E-state index in [0.717, 1.165) is 27.9 Å². The van der Waals surface area contributed by atoms with Gasteiger partial charge in [-0.05, 0) is 48.9 Å². The van der Waals surface area contributed by atoms with Gasteiger partial charge >= 0.3 is 0 Å². The molecule has 4 rings (SSSR count). The molecule has 1 fully saturated rings. The molecular weight excluding hydrogens is 332 g/mol. The number of carbonyl (C=O) groups is 1. The smallest absolute Gasteiger partial charge is 0.238 e. The number of pyridine rings is 1. The highest BCUT2D eigenvalue weighted by Crippen LogP contribution is 2.43. The van der Waals surface area contributed by atoms with Gasteiger partial charge in [-0.2, -0.15) is 0 Å². The van der Waals surface area contributed by atoms with E-state index in [1.165, 1.54) is 0 Å². The summed E-state index contributed by atoms with van der Waals surface area (Å²) in [4.78, 5) is 18.9. The lowest BCUT2D eigenvalue weighted by Gasteiger charge is -2.25. The number of ether oxygens (including phenoxy) is 1. The minimum Gasteiger partial charge on any atom is -0.494 e. The van der Waals surface area contributed by atoms with Gasteiger partial charge in [0.15, 0.2) is 0 Å². The van der Waals surface area contributed by atoms with Crippen molar-refractivity contribution < 1.29 is 9.53 Å². The van der Waals surface area contributed by atoms with E-state index in [-0.39, 0.29) is 11.3 Å². The molecule has 5 heteroatoms. The normalized spacial score (nSPS) is 17.2. The first-order valence-electron chi connectivity index (χ1n) is 8.28. The Morgan fingerprint density at radius 2 is 1.96 bits per heavy atom. The molecule has 0 radical (unpaired) electrons. The van der Waals surface area contributed by atoms with Crippen molar-refractivity contribution in [3.63, 3.8) is 0 Å². The van der Waals surface area contributed by atoms with Crippen LogP contribution in [0.2, 0.25) is 0 Å². The monoisotopic (exact) mass is 350 g/mol. The molecule has 126 valence electrons. The first-order chi connectivity index (χ1) is 12.3. The minimum atomic E-state index is -0.0432. The number of carbonyl (C=O) groups excluding carboxylic acids is 1. The van der Waals surface area contributed by atoms with Crippen LogP contribution < -0.4 is 9.64 Å². The average molecular weight is 350 g/mol. The average Bonchev–Trinajstić information content (AvgIpc) is 3.03. The number of nitrogens with zero attached hydrogens (tertiary/aromatic N) is 2. The zero-order valence-corrected chi connectivity index (χ0v) is 14.7. The number of hydrogen-bond acceptors (Lipinski definition) is 4. The van der Waals surface area contributed by atoms with Crippen LogP contribution in [-0.2, 0) is 4.79 Å². The predicted octanol–water partition coefficient (Wildman–Crippen LogP) is 4.41. The maximum atomic E-state index is 12.6. The quantitative estimate of drug-likeness (QED) is 0.699. The molecule has 2 heterocycles. The molecule has 0 spiro atoms. The number of fused-ring (bicyclic) bond motifs is 1. The van der Waals surface area contributed by atoms with E-state index in [4.69, 9.17) is 4.74 Å². The summed E-state index contributed by atoms with van der Waals surface area (Å²) < 4.78 is 5.50. The van der Waals surface area contributed by atoms with Crippen LogP contribution in [0.25, 0.3) is 10.9 Å². The fourth-order valence-electron chi connectivity index (χ4n) is 3.14. The van der Waals surface area contributed by atoms with Crippen LogP contribution in [0.15, 0.2) is 60.8 Å². The van der Waals surface area contributed by atoms with E-state index in [1.807, 2.05) is 66.6 Å². The van der Waals surface area contributed by atoms with Crippen molar-refractivity contribution >= 4 is 34.3 Å². The summed E-state index contributed by atoms with van der Waals surface area (Å²) in [7, 11) is 0. The van der Waals surface area contributed by atoms with Crippen molar-refractivity contribution in [2.24, 2.45) is 0 Å². The van der Waals surface area contributed by atoms with Crippen molar-refractivity contribution in [2.75, 3.05) is 17.3 Å². The second kappa shape index (κ2) is 6.76. The van der Waals surface area contributed by atoms with Crippen LogP contribution in [0.5, 0.6) is 5.75 Å². The van der Waals surface area contributed by atoms with Gasteiger partial charge in [0.1, 0.15) is 11.1 Å². The van der Waals surface area contributed by atoms with Gasteiger partial charge in [-0.15, -0.1) is 11.8 Å². The number of amides is 1. The van der Waals surface area contributed by atoms with Gasteiger partial charge in [0.05, 0.1) is 17.9 Å². The molecule has 0 N–H and O–H groups in total. The largest absolute Gasteiger partial charge is 0.494 e. The van der Waals surface area contributed by atoms with Crippen LogP contribution in [0.4, 0.5) is 5.69 Å². The van der Waals surface area contributed by atoms with Gasteiger partial charge in [-0.3, -0.25) is 14.7 Å². The molecule has 3 aromatic rings. The van der Waals surface area contributed by atoms with Crippen molar-refractivity contribution in [1.29, 1.82) is 0 Å². The lowest BCUT2D eigenvalue weighted by atomic mass is 10.1. The van der Waals surface area contributed by atoms with Crippen LogP contribution in [0, 0.1) is 0 Å². The standard InChI is InChI=1S/C20H18N2O2S/c1-2-24-15-9-7-14(8-10-15)22-19(23)13-25-20(22)17-11-12-21-18-6-4-3-5-16(17)18/h3-12,20H,2,13H2,1H3. The van der Waals surface area contributed by atoms with Gasteiger partial charge in [-0.1, -0.05) is 18.2 Å². The highest BCUT2D eigenvalue weighted by atomic mass is 32.2. The van der Waals surface area contributed by atoms with Gasteiger partial charge < -0.3 is 4.74 Å². The number of hydrogen-bond donors (Lipinski definition) is 0. The molecule has 1 aromatic heterocycles. The molecule has 1 aliphatic rings. The molecule has 0 aliphatic carbocycles. The van der Waals surface area contributed by atoms with E-state index in [9.17, 15) is 4.79 Å². The molecule has 1 aliphatic heterocycles. The molecule has 0 bridgehead atoms. The van der Waals surface area contributed by atoms with Gasteiger partial charge in [0.25, 0.3) is 0 Å². The summed E-state index contributed by atoms with van der Waals surface area (Å²) in [6, 6.07) is 17.8. The summed E-state index contributed by atoms with van der Waals surface area (Å²) >= 11 is 1.65. The zero-order valence-electron chi connectivity index (χ0n) is 13.9. The minimum absolute atomic E-state index is 0.0432. The number of benzene rings is 2. The topological polar surface area (TPSA) is 42.4 Å². The summed E-state index contributed by atoms with van der Waals surface area (Å²) in [5, 5.41) is 1.05. The van der Waals surface area contributed by atoms with E-state index < -0.39 is 0 Å². The first kappa shape index (κ1) is 16.0. The second-order valence-corrected chi connectivity index (χ2v) is 6.84. The third kappa shape index (κ3) is 2.96. The lowest BCUT2D eigenvalue weighted by Crippen LogP contribution is -2.27. The van der Waals surface area contributed by atoms with Gasteiger partial charge in [0.2, 0.25) is 5.91 Å². The van der Waals surface area contributed by atoms with Crippen molar-refractivity contribution in [3.8, 4) is 5.75 Å². The van der Waals surface area contributed by atoms with Crippen LogP contribution in [0.1, 0.15) is 17.9 Å². The maximum absolute atomic E-state index is 12.6. The SMILES string of the molecule is CCOc1ccc(N2C(=O)CSC2c2ccnc3ccccc23)cc1. The summed E-state index contributed by atoms with van der Waals surface area (Å²) in [6.07, 6.45) is 1.82. The Balaban J connectivity index is 1.74. The van der Waals surface area contributed by atoms with E-state index >= 15 is 0 Å². The molecule has 0 saturated carbocycles. The third-order valence-corrected chi connectivity index (χ3v) is 5.44. The fraction of sp³-hybridized carbons (Fsp3) is 0.200. The molecule has 1 atom stereocenters. The summed E-state index contributed by atoms with van der Waals surface area (Å²) in [5.74, 6) is 1.42. The molecule has 25 heavy (non-hydrogen) atoms. The summed E-state index contributed by atoms with van der Waals surface area (Å²) in [6.45, 7) is 2.59. The van der Waals surface area contributed by atoms with Crippen molar-refractivity contribution in [1.82, 2.24) is 4.98 Å². The van der Waals surface area contributed by atoms with Crippen molar-refractivity contribution in [2.45, 2.75) is 12.3 Å². The van der Waals surface area contributed by atoms with E-state index in [1.54, 1.807) is 11.8 Å².